The smallest absolute Gasteiger partial charge is 0.152 e. The van der Waals surface area contributed by atoms with Crippen molar-refractivity contribution in [3.05, 3.63) is 22.4 Å². The van der Waals surface area contributed by atoms with Crippen molar-refractivity contribution in [2.24, 2.45) is 0 Å². The average molecular weight is 197 g/mol. The largest absolute Gasteiger partial charge is 0.354 e. The van der Waals surface area contributed by atoms with Crippen LogP contribution >= 0.6 is 11.3 Å². The highest BCUT2D eigenvalue weighted by Crippen LogP contribution is 2.34. The molecule has 1 aliphatic rings. The second kappa shape index (κ2) is 2.80. The lowest BCUT2D eigenvalue weighted by Crippen LogP contribution is -2.44. The van der Waals surface area contributed by atoms with Gasteiger partial charge in [-0.05, 0) is 32.2 Å². The highest BCUT2D eigenvalue weighted by atomic mass is 32.1. The predicted molar refractivity (Wildman–Crippen MR) is 54.8 cm³/mol. The lowest BCUT2D eigenvalue weighted by molar-refractivity contribution is 0.00530. The molecule has 0 aliphatic carbocycles. The molecule has 3 heteroatoms. The first-order chi connectivity index (χ1) is 6.02. The summed E-state index contributed by atoms with van der Waals surface area (Å²) in [6, 6.07) is 4.17. The second-order valence-electron chi connectivity index (χ2n) is 4.31. The van der Waals surface area contributed by atoms with Crippen molar-refractivity contribution in [2.45, 2.75) is 32.0 Å². The molecule has 72 valence electrons. The van der Waals surface area contributed by atoms with Crippen LogP contribution in [0, 0.1) is 0 Å². The zero-order valence-corrected chi connectivity index (χ0v) is 9.07. The molecular weight excluding hydrogens is 182 g/mol. The van der Waals surface area contributed by atoms with E-state index in [0.29, 0.717) is 0 Å². The van der Waals surface area contributed by atoms with Crippen LogP contribution in [0.3, 0.4) is 0 Å². The van der Waals surface area contributed by atoms with Crippen LogP contribution in [-0.2, 0) is 10.5 Å². The molecule has 1 atom stereocenters. The normalized spacial score (nSPS) is 32.2. The molecule has 1 aromatic heterocycles. The maximum atomic E-state index is 5.80. The molecule has 1 aliphatic heterocycles. The standard InChI is InChI=1S/C10H15NOS/c1-9(2)7-12-10(3,11-9)8-5-4-6-13-8/h4-6,11H,7H2,1-3H3. The Bertz CT molecular complexity index is 294. The van der Waals surface area contributed by atoms with Gasteiger partial charge in [-0.25, -0.2) is 0 Å². The molecule has 0 aromatic carbocycles. The fourth-order valence-electron chi connectivity index (χ4n) is 1.73. The van der Waals surface area contributed by atoms with E-state index in [4.69, 9.17) is 4.74 Å². The minimum Gasteiger partial charge on any atom is -0.354 e. The van der Waals surface area contributed by atoms with Gasteiger partial charge in [0.05, 0.1) is 11.5 Å². The van der Waals surface area contributed by atoms with Crippen LogP contribution in [0.2, 0.25) is 0 Å². The first-order valence-corrected chi connectivity index (χ1v) is 5.37. The van der Waals surface area contributed by atoms with Gasteiger partial charge in [-0.15, -0.1) is 11.3 Å². The van der Waals surface area contributed by atoms with E-state index >= 15 is 0 Å². The van der Waals surface area contributed by atoms with Gasteiger partial charge in [0.15, 0.2) is 5.72 Å². The van der Waals surface area contributed by atoms with Crippen molar-refractivity contribution in [3.8, 4) is 0 Å². The maximum Gasteiger partial charge on any atom is 0.152 e. The van der Waals surface area contributed by atoms with Gasteiger partial charge in [0.1, 0.15) is 0 Å². The van der Waals surface area contributed by atoms with Crippen LogP contribution in [-0.4, -0.2) is 12.1 Å². The Hall–Kier alpha value is -0.380. The molecule has 0 amide bonds. The predicted octanol–water partition coefficient (Wildman–Crippen LogP) is 2.32. The first-order valence-electron chi connectivity index (χ1n) is 4.49. The number of ether oxygens (including phenoxy) is 1. The quantitative estimate of drug-likeness (QED) is 0.746. The fourth-order valence-corrected chi connectivity index (χ4v) is 2.52. The van der Waals surface area contributed by atoms with E-state index in [9.17, 15) is 0 Å². The van der Waals surface area contributed by atoms with Crippen LogP contribution < -0.4 is 5.32 Å². The summed E-state index contributed by atoms with van der Waals surface area (Å²) in [6.07, 6.45) is 0. The van der Waals surface area contributed by atoms with Crippen molar-refractivity contribution >= 4 is 11.3 Å². The van der Waals surface area contributed by atoms with E-state index in [-0.39, 0.29) is 11.3 Å². The summed E-state index contributed by atoms with van der Waals surface area (Å²) in [7, 11) is 0. The monoisotopic (exact) mass is 197 g/mol. The second-order valence-corrected chi connectivity index (χ2v) is 5.26. The number of rotatable bonds is 1. The molecule has 1 saturated heterocycles. The van der Waals surface area contributed by atoms with Crippen LogP contribution in [0.25, 0.3) is 0 Å². The Balaban J connectivity index is 2.25. The number of hydrogen-bond acceptors (Lipinski definition) is 3. The van der Waals surface area contributed by atoms with Crippen molar-refractivity contribution in [1.29, 1.82) is 0 Å². The zero-order valence-electron chi connectivity index (χ0n) is 8.26. The fraction of sp³-hybridized carbons (Fsp3) is 0.600. The molecule has 0 saturated carbocycles. The zero-order chi connectivity index (χ0) is 9.53. The first kappa shape index (κ1) is 9.19. The van der Waals surface area contributed by atoms with Gasteiger partial charge in [-0.3, -0.25) is 5.32 Å². The molecule has 2 heterocycles. The van der Waals surface area contributed by atoms with Gasteiger partial charge in [0, 0.05) is 5.54 Å². The van der Waals surface area contributed by atoms with Crippen LogP contribution in [0.4, 0.5) is 0 Å². The molecule has 13 heavy (non-hydrogen) atoms. The van der Waals surface area contributed by atoms with Crippen molar-refractivity contribution < 1.29 is 4.74 Å². The Morgan fingerprint density at radius 3 is 2.69 bits per heavy atom. The third-order valence-electron chi connectivity index (χ3n) is 2.29. The third-order valence-corrected chi connectivity index (χ3v) is 3.36. The van der Waals surface area contributed by atoms with Crippen molar-refractivity contribution in [2.75, 3.05) is 6.61 Å². The molecule has 0 bridgehead atoms. The average Bonchev–Trinajstić information content (AvgIpc) is 2.58. The highest BCUT2D eigenvalue weighted by molar-refractivity contribution is 7.10. The molecule has 2 rings (SSSR count). The van der Waals surface area contributed by atoms with E-state index in [0.717, 1.165) is 6.61 Å². The van der Waals surface area contributed by atoms with Gasteiger partial charge in [0.2, 0.25) is 0 Å². The Kier molecular flexibility index (Phi) is 1.98. The van der Waals surface area contributed by atoms with Gasteiger partial charge >= 0.3 is 0 Å². The van der Waals surface area contributed by atoms with Crippen LogP contribution in [0.5, 0.6) is 0 Å². The maximum absolute atomic E-state index is 5.80. The lowest BCUT2D eigenvalue weighted by Gasteiger charge is -2.25. The minimum atomic E-state index is -0.280. The summed E-state index contributed by atoms with van der Waals surface area (Å²) < 4.78 is 5.80. The number of thiophene rings is 1. The highest BCUT2D eigenvalue weighted by Gasteiger charge is 2.41. The molecule has 1 fully saturated rings. The van der Waals surface area contributed by atoms with E-state index in [1.54, 1.807) is 11.3 Å². The molecule has 0 radical (unpaired) electrons. The molecule has 0 spiro atoms. The van der Waals surface area contributed by atoms with E-state index in [2.05, 4.69) is 43.6 Å². The summed E-state index contributed by atoms with van der Waals surface area (Å²) in [5.74, 6) is 0. The van der Waals surface area contributed by atoms with E-state index in [1.807, 2.05) is 0 Å². The Labute approximate surface area is 82.9 Å². The Morgan fingerprint density at radius 2 is 2.23 bits per heavy atom. The minimum absolute atomic E-state index is 0.0821. The van der Waals surface area contributed by atoms with Gasteiger partial charge in [-0.1, -0.05) is 6.07 Å². The third kappa shape index (κ3) is 1.64. The van der Waals surface area contributed by atoms with Crippen molar-refractivity contribution in [1.82, 2.24) is 5.32 Å². The van der Waals surface area contributed by atoms with E-state index < -0.39 is 0 Å². The van der Waals surface area contributed by atoms with Crippen LogP contribution in [0.15, 0.2) is 17.5 Å². The molecular formula is C10H15NOS. The van der Waals surface area contributed by atoms with E-state index in [1.165, 1.54) is 4.88 Å². The summed E-state index contributed by atoms with van der Waals surface area (Å²) in [5, 5.41) is 5.58. The molecule has 1 N–H and O–H groups in total. The molecule has 1 unspecified atom stereocenters. The van der Waals surface area contributed by atoms with Gasteiger partial charge in [-0.2, -0.15) is 0 Å². The summed E-state index contributed by atoms with van der Waals surface area (Å²) in [4.78, 5) is 1.25. The topological polar surface area (TPSA) is 21.3 Å². The molecule has 1 aromatic rings. The number of nitrogens with one attached hydrogen (secondary N) is 1. The summed E-state index contributed by atoms with van der Waals surface area (Å²) in [6.45, 7) is 7.17. The van der Waals surface area contributed by atoms with Crippen molar-refractivity contribution in [3.63, 3.8) is 0 Å². The van der Waals surface area contributed by atoms with Gasteiger partial charge in [0.25, 0.3) is 0 Å². The Morgan fingerprint density at radius 1 is 1.46 bits per heavy atom. The summed E-state index contributed by atoms with van der Waals surface area (Å²) >= 11 is 1.73. The number of hydrogen-bond donors (Lipinski definition) is 1. The molecule has 2 nitrogen and oxygen atoms in total. The van der Waals surface area contributed by atoms with Crippen LogP contribution in [0.1, 0.15) is 25.6 Å². The lowest BCUT2D eigenvalue weighted by atomic mass is 10.1. The SMILES string of the molecule is CC1(C)COC(C)(c2cccs2)N1. The van der Waals surface area contributed by atoms with Gasteiger partial charge < -0.3 is 4.74 Å². The summed E-state index contributed by atoms with van der Waals surface area (Å²) in [5.41, 5.74) is -0.198.